The molecule has 0 fully saturated rings. The maximum absolute atomic E-state index is 13.1. The summed E-state index contributed by atoms with van der Waals surface area (Å²) >= 11 is 8.70. The summed E-state index contributed by atoms with van der Waals surface area (Å²) in [5.41, 5.74) is 0. The molecular weight excluding hydrogens is 358 g/mol. The van der Waals surface area contributed by atoms with Gasteiger partial charge in [-0.25, -0.2) is 12.8 Å². The lowest BCUT2D eigenvalue weighted by Crippen LogP contribution is -2.05. The van der Waals surface area contributed by atoms with Crippen LogP contribution < -0.4 is 4.74 Å². The monoisotopic (exact) mass is 364 g/mol. The summed E-state index contributed by atoms with van der Waals surface area (Å²) in [6.07, 6.45) is 0.225. The highest BCUT2D eigenvalue weighted by atomic mass is 79.9. The highest BCUT2D eigenvalue weighted by Gasteiger charge is 2.09. The first kappa shape index (κ1) is 15.0. The number of benzene rings is 1. The van der Waals surface area contributed by atoms with E-state index in [2.05, 4.69) is 15.9 Å². The fourth-order valence-corrected chi connectivity index (χ4v) is 2.57. The van der Waals surface area contributed by atoms with Crippen LogP contribution in [0.3, 0.4) is 0 Å². The molecule has 0 aliphatic heterocycles. The van der Waals surface area contributed by atoms with Crippen molar-refractivity contribution in [1.82, 2.24) is 0 Å². The van der Waals surface area contributed by atoms with Gasteiger partial charge < -0.3 is 4.74 Å². The van der Waals surface area contributed by atoms with Crippen LogP contribution in [0.1, 0.15) is 6.42 Å². The highest BCUT2D eigenvalue weighted by Crippen LogP contribution is 2.30. The fraction of sp³-hybridized carbons (Fsp3) is 0.333. The van der Waals surface area contributed by atoms with Gasteiger partial charge in [0, 0.05) is 16.7 Å². The van der Waals surface area contributed by atoms with Crippen LogP contribution in [0.5, 0.6) is 5.75 Å². The van der Waals surface area contributed by atoms with E-state index in [1.165, 1.54) is 6.07 Å². The van der Waals surface area contributed by atoms with E-state index in [1.54, 1.807) is 0 Å². The van der Waals surface area contributed by atoms with E-state index < -0.39 is 14.9 Å². The fourth-order valence-electron chi connectivity index (χ4n) is 1.03. The lowest BCUT2D eigenvalue weighted by molar-refractivity contribution is 0.314. The molecule has 0 aliphatic carbocycles. The maximum Gasteiger partial charge on any atom is 0.232 e. The number of hydrogen-bond acceptors (Lipinski definition) is 3. The average molecular weight is 366 g/mol. The topological polar surface area (TPSA) is 43.4 Å². The summed E-state index contributed by atoms with van der Waals surface area (Å²) in [7, 11) is 1.50. The summed E-state index contributed by atoms with van der Waals surface area (Å²) in [5.74, 6) is -0.531. The van der Waals surface area contributed by atoms with Crippen molar-refractivity contribution in [1.29, 1.82) is 0 Å². The molecule has 0 unspecified atom stereocenters. The molecule has 0 heterocycles. The third kappa shape index (κ3) is 5.42. The molecule has 0 bridgehead atoms. The molecule has 0 aromatic heterocycles. The van der Waals surface area contributed by atoms with E-state index >= 15 is 0 Å². The summed E-state index contributed by atoms with van der Waals surface area (Å²) in [5, 5.41) is -0.0208. The molecule has 96 valence electrons. The normalized spacial score (nSPS) is 11.5. The van der Waals surface area contributed by atoms with Gasteiger partial charge in [-0.05, 0) is 28.4 Å². The van der Waals surface area contributed by atoms with Gasteiger partial charge in [0.25, 0.3) is 0 Å². The molecule has 0 radical (unpaired) electrons. The van der Waals surface area contributed by atoms with Crippen LogP contribution in [0.2, 0.25) is 5.02 Å². The molecule has 0 amide bonds. The molecular formula is C9H8BrCl2FO3S. The smallest absolute Gasteiger partial charge is 0.232 e. The minimum absolute atomic E-state index is 0.0208. The Hall–Kier alpha value is -0.0400. The van der Waals surface area contributed by atoms with E-state index in [1.807, 2.05) is 0 Å². The van der Waals surface area contributed by atoms with Crippen molar-refractivity contribution in [2.45, 2.75) is 6.42 Å². The molecule has 1 rings (SSSR count). The van der Waals surface area contributed by atoms with E-state index in [0.717, 1.165) is 6.07 Å². The van der Waals surface area contributed by atoms with Crippen molar-refractivity contribution in [3.8, 4) is 5.75 Å². The van der Waals surface area contributed by atoms with Crippen LogP contribution in [0, 0.1) is 5.82 Å². The molecule has 0 spiro atoms. The predicted octanol–water partition coefficient (Wildman–Crippen LogP) is 3.58. The van der Waals surface area contributed by atoms with E-state index in [4.69, 9.17) is 27.0 Å². The summed E-state index contributed by atoms with van der Waals surface area (Å²) in [6, 6.07) is 2.49. The van der Waals surface area contributed by atoms with Gasteiger partial charge in [-0.3, -0.25) is 0 Å². The largest absolute Gasteiger partial charge is 0.492 e. The van der Waals surface area contributed by atoms with Gasteiger partial charge in [-0.1, -0.05) is 11.6 Å². The first-order valence-corrected chi connectivity index (χ1v) is 8.14. The van der Waals surface area contributed by atoms with Gasteiger partial charge >= 0.3 is 0 Å². The second-order valence-corrected chi connectivity index (χ2v) is 7.30. The third-order valence-corrected chi connectivity index (χ3v) is 3.91. The van der Waals surface area contributed by atoms with Crippen molar-refractivity contribution in [2.75, 3.05) is 12.4 Å². The molecule has 1 aromatic carbocycles. The number of rotatable bonds is 5. The Balaban J connectivity index is 2.55. The minimum Gasteiger partial charge on any atom is -0.492 e. The van der Waals surface area contributed by atoms with E-state index in [0.29, 0.717) is 4.47 Å². The quantitative estimate of drug-likeness (QED) is 0.455. The number of ether oxygens (including phenoxy) is 1. The van der Waals surface area contributed by atoms with Crippen molar-refractivity contribution in [3.63, 3.8) is 0 Å². The summed E-state index contributed by atoms with van der Waals surface area (Å²) in [6.45, 7) is 0.117. The average Bonchev–Trinajstić information content (AvgIpc) is 2.18. The molecule has 0 atom stereocenters. The Labute approximate surface area is 116 Å². The Bertz CT molecular complexity index is 507. The summed E-state index contributed by atoms with van der Waals surface area (Å²) < 4.78 is 40.1. The third-order valence-electron chi connectivity index (χ3n) is 1.76. The van der Waals surface area contributed by atoms with E-state index in [-0.39, 0.29) is 29.6 Å². The van der Waals surface area contributed by atoms with Gasteiger partial charge in [0.2, 0.25) is 9.05 Å². The predicted molar refractivity (Wildman–Crippen MR) is 68.9 cm³/mol. The van der Waals surface area contributed by atoms with Crippen LogP contribution >= 0.6 is 38.2 Å². The zero-order valence-electron chi connectivity index (χ0n) is 8.42. The lowest BCUT2D eigenvalue weighted by atomic mass is 10.3. The van der Waals surface area contributed by atoms with Gasteiger partial charge in [0.1, 0.15) is 11.6 Å². The molecule has 17 heavy (non-hydrogen) atoms. The van der Waals surface area contributed by atoms with Crippen molar-refractivity contribution in [3.05, 3.63) is 27.4 Å². The Morgan fingerprint density at radius 1 is 1.41 bits per heavy atom. The molecule has 0 saturated carbocycles. The minimum atomic E-state index is -3.52. The molecule has 3 nitrogen and oxygen atoms in total. The van der Waals surface area contributed by atoms with E-state index in [9.17, 15) is 12.8 Å². The zero-order chi connectivity index (χ0) is 13.1. The second-order valence-electron chi connectivity index (χ2n) is 3.14. The summed E-state index contributed by atoms with van der Waals surface area (Å²) in [4.78, 5) is 0. The van der Waals surface area contributed by atoms with Gasteiger partial charge in [-0.15, -0.1) is 0 Å². The molecule has 8 heteroatoms. The van der Waals surface area contributed by atoms with Gasteiger partial charge in [0.05, 0.1) is 21.9 Å². The van der Waals surface area contributed by atoms with Crippen molar-refractivity contribution in [2.24, 2.45) is 0 Å². The zero-order valence-corrected chi connectivity index (χ0v) is 12.3. The highest BCUT2D eigenvalue weighted by molar-refractivity contribution is 9.10. The van der Waals surface area contributed by atoms with Gasteiger partial charge in [0.15, 0.2) is 0 Å². The van der Waals surface area contributed by atoms with Crippen LogP contribution in [-0.2, 0) is 9.05 Å². The Kier molecular flexibility index (Phi) is 5.50. The van der Waals surface area contributed by atoms with Crippen molar-refractivity contribution >= 4 is 47.3 Å². The first-order chi connectivity index (χ1) is 7.79. The van der Waals surface area contributed by atoms with Crippen LogP contribution in [0.15, 0.2) is 16.6 Å². The second kappa shape index (κ2) is 6.22. The van der Waals surface area contributed by atoms with Gasteiger partial charge in [-0.2, -0.15) is 0 Å². The molecule has 0 aliphatic rings. The Morgan fingerprint density at radius 3 is 2.65 bits per heavy atom. The van der Waals surface area contributed by atoms with Crippen LogP contribution in [0.4, 0.5) is 4.39 Å². The van der Waals surface area contributed by atoms with Crippen molar-refractivity contribution < 1.29 is 17.5 Å². The maximum atomic E-state index is 13.1. The molecule has 1 aromatic rings. The first-order valence-electron chi connectivity index (χ1n) is 4.49. The lowest BCUT2D eigenvalue weighted by Gasteiger charge is -2.08. The SMILES string of the molecule is O=S(=O)(Cl)CCCOc1cc(F)c(Cl)cc1Br. The number of halogens is 4. The molecule has 0 saturated heterocycles. The van der Waals surface area contributed by atoms with Crippen LogP contribution in [-0.4, -0.2) is 20.8 Å². The Morgan fingerprint density at radius 2 is 2.06 bits per heavy atom. The number of hydrogen-bond donors (Lipinski definition) is 0. The van der Waals surface area contributed by atoms with Crippen LogP contribution in [0.25, 0.3) is 0 Å². The molecule has 0 N–H and O–H groups in total. The standard InChI is InChI=1S/C9H8BrCl2FO3S/c10-6-4-7(11)8(13)5-9(6)16-2-1-3-17(12,14)15/h4-5H,1-3H2.